The van der Waals surface area contributed by atoms with Crippen LogP contribution in [0, 0.1) is 0 Å². The number of carbonyl (C=O) groups is 5. The minimum Gasteiger partial charge on any atom is -0.477 e. The first kappa shape index (κ1) is 73.2. The van der Waals surface area contributed by atoms with E-state index in [1.807, 2.05) is 0 Å². The molecule has 0 aromatic heterocycles. The lowest BCUT2D eigenvalue weighted by molar-refractivity contribution is -0.391. The first-order valence-electron chi connectivity index (χ1n) is 27.4. The number of aliphatic hydroxyl groups excluding tert-OH is 19. The fraction of sp³-hybridized carbons (Fsp3) is 0.896. The van der Waals surface area contributed by atoms with Gasteiger partial charge in [-0.15, -0.1) is 0 Å². The average molecular weight is 1290 g/mol. The molecule has 0 aromatic rings. The summed E-state index contributed by atoms with van der Waals surface area (Å²) < 4.78 is 63.1. The Bertz CT molecular complexity index is 2320. The Morgan fingerprint density at radius 2 is 0.864 bits per heavy atom. The van der Waals surface area contributed by atoms with Gasteiger partial charge in [0.15, 0.2) is 25.2 Å². The Kier molecular flexibility index (Phi) is 25.6. The zero-order chi connectivity index (χ0) is 65.8. The smallest absolute Gasteiger partial charge is 0.364 e. The van der Waals surface area contributed by atoms with E-state index in [-0.39, 0.29) is 0 Å². The number of aliphatic hydroxyl groups is 19. The van der Waals surface area contributed by atoms with Crippen molar-refractivity contribution in [2.75, 3.05) is 39.6 Å². The lowest BCUT2D eigenvalue weighted by Crippen LogP contribution is -2.72. The molecular weight excluding hydrogens is 1210 g/mol. The second-order valence-electron chi connectivity index (χ2n) is 21.9. The van der Waals surface area contributed by atoms with Gasteiger partial charge in [0, 0.05) is 33.6 Å². The molecule has 6 saturated heterocycles. The molecular formula is C48H79N3O37. The lowest BCUT2D eigenvalue weighted by Gasteiger charge is -2.52. The Hall–Kier alpha value is -3.85. The molecule has 88 heavy (non-hydrogen) atoms. The van der Waals surface area contributed by atoms with E-state index in [1.54, 1.807) is 0 Å². The van der Waals surface area contributed by atoms with Crippen molar-refractivity contribution < 1.29 is 183 Å². The van der Waals surface area contributed by atoms with Gasteiger partial charge in [-0.3, -0.25) is 14.4 Å². The Morgan fingerprint density at radius 1 is 0.466 bits per heavy atom. The van der Waals surface area contributed by atoms with Crippen LogP contribution < -0.4 is 16.0 Å². The molecule has 6 aliphatic heterocycles. The highest BCUT2D eigenvalue weighted by Gasteiger charge is 2.63. The second kappa shape index (κ2) is 30.7. The highest BCUT2D eigenvalue weighted by Crippen LogP contribution is 2.41. The Balaban J connectivity index is 1.43. The van der Waals surface area contributed by atoms with Crippen LogP contribution in [-0.4, -0.2) is 372 Å². The van der Waals surface area contributed by atoms with Crippen molar-refractivity contribution in [3.8, 4) is 0 Å². The predicted octanol–water partition coefficient (Wildman–Crippen LogP) is -15.3. The van der Waals surface area contributed by atoms with Gasteiger partial charge in [0.1, 0.15) is 134 Å². The zero-order valence-electron chi connectivity index (χ0n) is 46.9. The van der Waals surface area contributed by atoms with Gasteiger partial charge in [-0.25, -0.2) is 9.59 Å². The number of amides is 3. The maximum Gasteiger partial charge on any atom is 0.364 e. The van der Waals surface area contributed by atoms with Crippen LogP contribution in [0.25, 0.3) is 0 Å². The van der Waals surface area contributed by atoms with Crippen molar-refractivity contribution in [1.82, 2.24) is 16.0 Å². The van der Waals surface area contributed by atoms with E-state index in [2.05, 4.69) is 16.0 Å². The molecule has 40 heteroatoms. The highest BCUT2D eigenvalue weighted by atomic mass is 16.8. The zero-order valence-corrected chi connectivity index (χ0v) is 46.9. The molecule has 0 spiro atoms. The lowest BCUT2D eigenvalue weighted by atomic mass is 9.88. The molecule has 0 bridgehead atoms. The molecule has 32 atom stereocenters. The Labute approximate surface area is 496 Å². The quantitative estimate of drug-likeness (QED) is 0.0404. The van der Waals surface area contributed by atoms with Crippen LogP contribution in [0.2, 0.25) is 0 Å². The summed E-state index contributed by atoms with van der Waals surface area (Å²) in [6, 6.07) is -5.63. The van der Waals surface area contributed by atoms with Crippen LogP contribution in [0.5, 0.6) is 0 Å². The summed E-state index contributed by atoms with van der Waals surface area (Å²) in [5, 5.41) is 234. The monoisotopic (exact) mass is 1290 g/mol. The summed E-state index contributed by atoms with van der Waals surface area (Å²) in [5.74, 6) is -13.7. The number of nitrogens with one attached hydrogen (secondary N) is 3. The van der Waals surface area contributed by atoms with E-state index in [1.165, 1.54) is 0 Å². The fourth-order valence-electron chi connectivity index (χ4n) is 11.0. The van der Waals surface area contributed by atoms with Crippen LogP contribution in [0.4, 0.5) is 0 Å². The molecule has 40 nitrogen and oxygen atoms in total. The van der Waals surface area contributed by atoms with Crippen LogP contribution in [-0.2, 0) is 76.1 Å². The van der Waals surface area contributed by atoms with Gasteiger partial charge in [-0.05, 0) is 0 Å². The largest absolute Gasteiger partial charge is 0.477 e. The van der Waals surface area contributed by atoms with Gasteiger partial charge in [0.2, 0.25) is 17.7 Å². The van der Waals surface area contributed by atoms with E-state index in [9.17, 15) is 131 Å². The van der Waals surface area contributed by atoms with Crippen molar-refractivity contribution in [3.05, 3.63) is 0 Å². The summed E-state index contributed by atoms with van der Waals surface area (Å²) in [6.07, 6.45) is -62.1. The third kappa shape index (κ3) is 15.8. The van der Waals surface area contributed by atoms with Crippen LogP contribution in [0.15, 0.2) is 0 Å². The van der Waals surface area contributed by atoms with E-state index < -0.39 is 277 Å². The van der Waals surface area contributed by atoms with Gasteiger partial charge in [0.25, 0.3) is 11.6 Å². The second-order valence-corrected chi connectivity index (χ2v) is 21.9. The average Bonchev–Trinajstić information content (AvgIpc) is 0.809. The summed E-state index contributed by atoms with van der Waals surface area (Å²) in [7, 11) is 0. The maximum atomic E-state index is 13.3. The maximum absolute atomic E-state index is 13.3. The van der Waals surface area contributed by atoms with Crippen molar-refractivity contribution in [3.63, 3.8) is 0 Å². The van der Waals surface area contributed by atoms with E-state index in [0.717, 1.165) is 20.8 Å². The minimum atomic E-state index is -3.34. The summed E-state index contributed by atoms with van der Waals surface area (Å²) in [4.78, 5) is 64.1. The van der Waals surface area contributed by atoms with Gasteiger partial charge in [0.05, 0.1) is 63.9 Å². The third-order valence-electron chi connectivity index (χ3n) is 15.6. The van der Waals surface area contributed by atoms with Gasteiger partial charge >= 0.3 is 11.9 Å². The number of carboxylic acid groups (broad SMARTS) is 2. The van der Waals surface area contributed by atoms with Crippen molar-refractivity contribution in [2.45, 2.75) is 229 Å². The van der Waals surface area contributed by atoms with Gasteiger partial charge in [-0.2, -0.15) is 0 Å². The van der Waals surface area contributed by atoms with E-state index >= 15 is 0 Å². The molecule has 508 valence electrons. The molecule has 24 N–H and O–H groups in total. The molecule has 0 radical (unpaired) electrons. The first-order valence-corrected chi connectivity index (χ1v) is 27.4. The van der Waals surface area contributed by atoms with Crippen LogP contribution in [0.3, 0.4) is 0 Å². The molecule has 6 rings (SSSR count). The number of hydrogen-bond donors (Lipinski definition) is 24. The van der Waals surface area contributed by atoms with Gasteiger partial charge < -0.3 is 175 Å². The third-order valence-corrected chi connectivity index (χ3v) is 15.6. The van der Waals surface area contributed by atoms with E-state index in [0.29, 0.717) is 0 Å². The molecule has 6 aliphatic rings. The summed E-state index contributed by atoms with van der Waals surface area (Å²) >= 11 is 0. The first-order chi connectivity index (χ1) is 41.2. The van der Waals surface area contributed by atoms with Crippen molar-refractivity contribution in [2.24, 2.45) is 0 Å². The highest BCUT2D eigenvalue weighted by molar-refractivity contribution is 5.77. The molecule has 0 aliphatic carbocycles. The minimum absolute atomic E-state index is 0.854. The summed E-state index contributed by atoms with van der Waals surface area (Å²) in [6.45, 7) is -4.43. The molecule has 6 fully saturated rings. The normalized spacial score (nSPS) is 44.6. The van der Waals surface area contributed by atoms with Crippen molar-refractivity contribution in [1.29, 1.82) is 0 Å². The van der Waals surface area contributed by atoms with Gasteiger partial charge in [-0.1, -0.05) is 0 Å². The molecule has 5 unspecified atom stereocenters. The number of carbonyl (C=O) groups excluding carboxylic acids is 3. The molecule has 0 saturated carbocycles. The number of rotatable bonds is 25. The van der Waals surface area contributed by atoms with Crippen molar-refractivity contribution >= 4 is 29.7 Å². The molecule has 3 amide bonds. The van der Waals surface area contributed by atoms with Crippen LogP contribution in [0.1, 0.15) is 33.6 Å². The summed E-state index contributed by atoms with van der Waals surface area (Å²) in [5.41, 5.74) is 0. The Morgan fingerprint density at radius 3 is 1.32 bits per heavy atom. The topological polar surface area (TPSA) is 648 Å². The molecule has 0 aromatic carbocycles. The standard InChI is InChI=1S/C48H79N3O37/c1-12(57)49-23-15(60)4-47(45(74)75,86-37(23)26(64)17(62)6-52)78-11-22-30(68)36(25(51-14(3)59)42(82-22)85-39-28(66)19(8-54)80-43(33(39)71)83-35-21(10-56)79-41(73)32(70)31(35)69)84-44-34(72)40(29(67)20(9-55)81-44)88-48(46(76)77)5-16(61)24(50-13(2)58)38(87-48)27(65)18(63)7-53/h15-44,52-56,60-73H,4-11H2,1-3H3,(H,49,57)(H,50,58)(H,51,59)(H,74,75)(H,76,77)/t15-,16-,17-,18-,19+,20-,21+,22+,23+,24+,25-,26?,27?,28-,29+,30-,31-,32-,33-,34+,35-,36+,37-,38?,39-,40-,41?,42-,43?,44+,47+,48-/m0/s1. The SMILES string of the molecule is CC(=O)N[C@@H]1[C@H](O[C@H]2[C@@H](O)[C@@H](CO)OC(O[C@@H]3[C@@H](O)[C@H](O)C(O)O[C@@H]3CO)[C@H]2O)O[C@H](CO[C@]2(C(=O)O)C[C@H](O)[C@@H](NC(C)=O)[C@@H](C(O)[C@@H](O)CO)O2)[C@H](O)[C@@H]1O[C@H]1O[C@@H](CO)[C@@H](O)[C@H](O[C@]2(C(=O)O)C[C@H](O)[C@@H](NC(C)=O)C(C(O)[C@@H](O)CO)O2)[C@H]1O. The fourth-order valence-corrected chi connectivity index (χ4v) is 11.0. The van der Waals surface area contributed by atoms with E-state index in [4.69, 9.17) is 52.1 Å². The molecule has 6 heterocycles. The van der Waals surface area contributed by atoms with Crippen LogP contribution >= 0.6 is 0 Å². The number of ether oxygens (including phenoxy) is 11. The number of hydrogen-bond acceptors (Lipinski definition) is 35. The number of carboxylic acids is 2. The predicted molar refractivity (Wildman–Crippen MR) is 268 cm³/mol. The number of aliphatic carboxylic acids is 2.